The maximum absolute atomic E-state index is 12.6. The molecular weight excluding hydrogens is 701 g/mol. The van der Waals surface area contributed by atoms with E-state index in [9.17, 15) is 46.3 Å². The second-order valence-corrected chi connectivity index (χ2v) is 13.1. The zero-order chi connectivity index (χ0) is 38.6. The van der Waals surface area contributed by atoms with Crippen molar-refractivity contribution in [2.24, 2.45) is 11.0 Å². The van der Waals surface area contributed by atoms with Crippen molar-refractivity contribution < 1.29 is 51.3 Å². The highest BCUT2D eigenvalue weighted by atomic mass is 32.2. The van der Waals surface area contributed by atoms with E-state index in [1.54, 1.807) is 54.6 Å². The third-order valence-electron chi connectivity index (χ3n) is 7.03. The fourth-order valence-electron chi connectivity index (χ4n) is 4.17. The molecule has 1 atom stereocenters. The number of carboxylic acids is 2. The van der Waals surface area contributed by atoms with Gasteiger partial charge in [0.15, 0.2) is 0 Å². The highest BCUT2D eigenvalue weighted by Crippen LogP contribution is 2.23. The van der Waals surface area contributed by atoms with Gasteiger partial charge in [-0.05, 0) is 74.4 Å². The van der Waals surface area contributed by atoms with Crippen molar-refractivity contribution in [3.8, 4) is 0 Å². The number of aromatic nitrogens is 1. The number of nitrogens with two attached hydrogens (primary N) is 1. The Bertz CT molecular complexity index is 1920. The number of amides is 2. The van der Waals surface area contributed by atoms with Crippen molar-refractivity contribution in [3.63, 3.8) is 0 Å². The molecule has 0 aliphatic heterocycles. The quantitative estimate of drug-likeness (QED) is 0.0846. The number of carbonyl (C=O) groups is 3. The molecule has 0 saturated carbocycles. The number of nitrogens with one attached hydrogen (secondary N) is 2. The molecule has 0 fully saturated rings. The number of benzene rings is 3. The van der Waals surface area contributed by atoms with E-state index in [0.29, 0.717) is 22.8 Å². The summed E-state index contributed by atoms with van der Waals surface area (Å²) in [5.41, 5.74) is 6.45. The van der Waals surface area contributed by atoms with E-state index in [2.05, 4.69) is 39.5 Å². The lowest BCUT2D eigenvalue weighted by molar-refractivity contribution is -0.192. The van der Waals surface area contributed by atoms with Gasteiger partial charge < -0.3 is 30.9 Å². The number of β-amino-alcohol motifs (C(OH)–C–C–N with tert-alkyl or cyclic N) is 1. The number of nitroso groups, excluding NO2 is 1. The van der Waals surface area contributed by atoms with Gasteiger partial charge in [0, 0.05) is 48.5 Å². The van der Waals surface area contributed by atoms with Gasteiger partial charge in [-0.15, -0.1) is 4.91 Å². The number of primary amides is 1. The number of anilines is 1. The van der Waals surface area contributed by atoms with Gasteiger partial charge >= 0.3 is 24.1 Å². The molecule has 0 spiro atoms. The lowest BCUT2D eigenvalue weighted by Gasteiger charge is -2.28. The molecule has 4 rings (SSSR count). The first-order chi connectivity index (χ1) is 23.7. The van der Waals surface area contributed by atoms with Crippen LogP contribution in [0, 0.1) is 4.91 Å². The van der Waals surface area contributed by atoms with Crippen molar-refractivity contribution >= 4 is 44.6 Å². The van der Waals surface area contributed by atoms with Crippen molar-refractivity contribution in [2.45, 2.75) is 49.5 Å². The number of alkyl halides is 3. The Morgan fingerprint density at radius 2 is 1.61 bits per heavy atom. The van der Waals surface area contributed by atoms with Crippen LogP contribution < -0.4 is 15.8 Å². The highest BCUT2D eigenvalue weighted by molar-refractivity contribution is 7.92. The summed E-state index contributed by atoms with van der Waals surface area (Å²) in [4.78, 5) is 39.4. The third-order valence-corrected chi connectivity index (χ3v) is 8.43. The molecular formula is C32H37F3N6O9S. The number of aromatic carboxylic acids is 1. The van der Waals surface area contributed by atoms with E-state index < -0.39 is 40.3 Å². The lowest BCUT2D eigenvalue weighted by atomic mass is 9.99. The van der Waals surface area contributed by atoms with Crippen LogP contribution in [0.5, 0.6) is 0 Å². The van der Waals surface area contributed by atoms with Crippen LogP contribution in [-0.2, 0) is 21.4 Å². The Balaban J connectivity index is 0.000000543. The van der Waals surface area contributed by atoms with Gasteiger partial charge in [0.2, 0.25) is 0 Å². The zero-order valence-electron chi connectivity index (χ0n) is 27.5. The monoisotopic (exact) mass is 738 g/mol. The zero-order valence-corrected chi connectivity index (χ0v) is 28.4. The summed E-state index contributed by atoms with van der Waals surface area (Å²) in [5.74, 6) is -3.70. The molecule has 0 radical (unpaired) electrons. The molecule has 0 aliphatic rings. The number of aliphatic hydroxyl groups is 1. The van der Waals surface area contributed by atoms with Gasteiger partial charge in [-0.25, -0.2) is 22.8 Å². The Kier molecular flexibility index (Phi) is 14.6. The minimum Gasteiger partial charge on any atom is -0.478 e. The van der Waals surface area contributed by atoms with Crippen LogP contribution in [0.4, 0.5) is 23.7 Å². The molecule has 276 valence electrons. The normalized spacial score (nSPS) is 12.0. The van der Waals surface area contributed by atoms with Crippen molar-refractivity contribution in [3.05, 3.63) is 101 Å². The number of urea groups is 1. The van der Waals surface area contributed by atoms with Gasteiger partial charge in [0.25, 0.3) is 10.0 Å². The van der Waals surface area contributed by atoms with Gasteiger partial charge in [-0.3, -0.25) is 4.72 Å². The molecule has 1 aromatic heterocycles. The van der Waals surface area contributed by atoms with Gasteiger partial charge in [-0.1, -0.05) is 30.3 Å². The van der Waals surface area contributed by atoms with Crippen LogP contribution in [0.3, 0.4) is 0 Å². The first kappa shape index (κ1) is 41.6. The van der Waals surface area contributed by atoms with Crippen LogP contribution in [0.2, 0.25) is 0 Å². The number of fused-ring (bicyclic) bond motifs is 1. The van der Waals surface area contributed by atoms with Gasteiger partial charge in [-0.2, -0.15) is 18.2 Å². The highest BCUT2D eigenvalue weighted by Gasteiger charge is 2.38. The largest absolute Gasteiger partial charge is 0.490 e. The summed E-state index contributed by atoms with van der Waals surface area (Å²) >= 11 is 0. The molecule has 0 bridgehead atoms. The first-order valence-corrected chi connectivity index (χ1v) is 16.2. The number of carbonyl (C=O) groups excluding carboxylic acids is 1. The predicted molar refractivity (Wildman–Crippen MR) is 181 cm³/mol. The van der Waals surface area contributed by atoms with E-state index >= 15 is 0 Å². The summed E-state index contributed by atoms with van der Waals surface area (Å²) in [6.45, 7) is 5.11. The van der Waals surface area contributed by atoms with E-state index in [1.165, 1.54) is 19.2 Å². The molecule has 19 heteroatoms. The standard InChI is InChI=1S/C28H31N3O5S.C2HF3O2.C2H5N3O2/c1-28(2,14-16-31-15-13-20-17-22(27(33)34)11-12-25(20)31)29-19-26(32)21-7-6-8-23(18-21)30-37(35,36)24-9-4-3-5-10-24;3-2(4,5)1(6)7;1-5(4-7)2(3)6/h3-13,15,17-18,26,29-30,32H,14,16,19H2,1-2H3,(H,33,34);(H,6,7);1H3,(H2,3,6). The molecule has 0 aliphatic carbocycles. The van der Waals surface area contributed by atoms with E-state index in [-0.39, 0.29) is 22.5 Å². The fourth-order valence-corrected chi connectivity index (χ4v) is 5.24. The fraction of sp³-hybridized carbons (Fsp3) is 0.281. The van der Waals surface area contributed by atoms with Crippen LogP contribution >= 0.6 is 0 Å². The first-order valence-electron chi connectivity index (χ1n) is 14.8. The summed E-state index contributed by atoms with van der Waals surface area (Å²) in [6.07, 6.45) is -3.20. The number of hydrogen-bond acceptors (Lipinski definition) is 9. The molecule has 1 heterocycles. The van der Waals surface area contributed by atoms with E-state index in [0.717, 1.165) is 17.3 Å². The maximum atomic E-state index is 12.6. The van der Waals surface area contributed by atoms with Crippen LogP contribution in [0.1, 0.15) is 42.3 Å². The number of sulfonamides is 1. The second kappa shape index (κ2) is 17.9. The van der Waals surface area contributed by atoms with Crippen LogP contribution in [-0.4, -0.2) is 76.6 Å². The molecule has 0 saturated heterocycles. The van der Waals surface area contributed by atoms with E-state index in [1.807, 2.05) is 18.3 Å². The summed E-state index contributed by atoms with van der Waals surface area (Å²) in [5, 5.41) is 34.1. The van der Waals surface area contributed by atoms with Crippen LogP contribution in [0.15, 0.2) is 95.2 Å². The van der Waals surface area contributed by atoms with Crippen LogP contribution in [0.25, 0.3) is 10.9 Å². The topological polar surface area (TPSA) is 234 Å². The van der Waals surface area contributed by atoms with Crippen molar-refractivity contribution in [2.75, 3.05) is 18.3 Å². The van der Waals surface area contributed by atoms with Crippen molar-refractivity contribution in [1.29, 1.82) is 0 Å². The Morgan fingerprint density at radius 3 is 2.14 bits per heavy atom. The smallest absolute Gasteiger partial charge is 0.478 e. The second-order valence-electron chi connectivity index (χ2n) is 11.4. The van der Waals surface area contributed by atoms with Gasteiger partial charge in [0.1, 0.15) is 0 Å². The van der Waals surface area contributed by atoms with E-state index in [4.69, 9.17) is 9.90 Å². The van der Waals surface area contributed by atoms with Gasteiger partial charge in [0.05, 0.1) is 21.8 Å². The number of aryl methyl sites for hydroxylation is 1. The maximum Gasteiger partial charge on any atom is 0.490 e. The summed E-state index contributed by atoms with van der Waals surface area (Å²) in [7, 11) is -2.55. The lowest BCUT2D eigenvalue weighted by Crippen LogP contribution is -2.42. The molecule has 4 aromatic rings. The summed E-state index contributed by atoms with van der Waals surface area (Å²) < 4.78 is 61.6. The van der Waals surface area contributed by atoms with Crippen molar-refractivity contribution in [1.82, 2.24) is 14.9 Å². The predicted octanol–water partition coefficient (Wildman–Crippen LogP) is 4.94. The molecule has 2 amide bonds. The minimum absolute atomic E-state index is 0.169. The average Bonchev–Trinajstić information content (AvgIpc) is 3.48. The number of nitrogens with zero attached hydrogens (tertiary/aromatic N) is 3. The summed E-state index contributed by atoms with van der Waals surface area (Å²) in [6, 6.07) is 21.0. The Morgan fingerprint density at radius 1 is 0.980 bits per heavy atom. The Hall–Kier alpha value is -5.53. The molecule has 3 aromatic carbocycles. The number of aliphatic hydroxyl groups excluding tert-OH is 1. The SMILES string of the molecule is CC(C)(CCn1ccc2cc(C(=O)O)ccc21)NCC(O)c1cccc(NS(=O)(=O)c2ccccc2)c1.CN(N=O)C(N)=O.O=C(O)C(F)(F)F. The molecule has 1 unspecified atom stereocenters. The number of carboxylic acid groups (broad SMARTS) is 2. The number of halogens is 3. The minimum atomic E-state index is -5.08. The molecule has 15 nitrogen and oxygen atoms in total. The number of rotatable bonds is 12. The number of hydrogen-bond donors (Lipinski definition) is 6. The molecule has 51 heavy (non-hydrogen) atoms. The Labute approximate surface area is 290 Å². The molecule has 7 N–H and O–H groups in total. The average molecular weight is 739 g/mol. The third kappa shape index (κ3) is 13.4. The number of aliphatic carboxylic acids is 1.